The summed E-state index contributed by atoms with van der Waals surface area (Å²) in [6.45, 7) is 2.28. The number of thiocarbonyl (C=S) groups is 1. The fourth-order valence-electron chi connectivity index (χ4n) is 2.39. The molecule has 0 bridgehead atoms. The van der Waals surface area contributed by atoms with Crippen molar-refractivity contribution in [2.45, 2.75) is 25.9 Å². The standard InChI is InChI=1S/C13H14N2O2S2/c1-7-11(4-14-13(18)15-7)12(16)17-10-2-8-5-19-6-9(8)3-10/h5-6,10H,2-4H2,1H3,(H2,14,15,18). The molecule has 0 saturated carbocycles. The van der Waals surface area contributed by atoms with E-state index in [1.165, 1.54) is 11.1 Å². The molecule has 0 fully saturated rings. The SMILES string of the molecule is CC1=C(C(=O)OC2Cc3cscc3C2)CNC(=S)N1. The summed E-state index contributed by atoms with van der Waals surface area (Å²) in [4.78, 5) is 12.1. The molecule has 3 rings (SSSR count). The topological polar surface area (TPSA) is 50.4 Å². The normalized spacial score (nSPS) is 18.9. The summed E-state index contributed by atoms with van der Waals surface area (Å²) in [6.07, 6.45) is 1.63. The highest BCUT2D eigenvalue weighted by molar-refractivity contribution is 7.80. The maximum absolute atomic E-state index is 12.1. The zero-order valence-electron chi connectivity index (χ0n) is 10.5. The van der Waals surface area contributed by atoms with Gasteiger partial charge in [-0.15, -0.1) is 0 Å². The average molecular weight is 294 g/mol. The summed E-state index contributed by atoms with van der Waals surface area (Å²) in [6, 6.07) is 0. The van der Waals surface area contributed by atoms with Crippen molar-refractivity contribution >= 4 is 34.6 Å². The number of rotatable bonds is 2. The summed E-state index contributed by atoms with van der Waals surface area (Å²) >= 11 is 6.70. The number of thiophene rings is 1. The molecule has 19 heavy (non-hydrogen) atoms. The fraction of sp³-hybridized carbons (Fsp3) is 0.385. The lowest BCUT2D eigenvalue weighted by Gasteiger charge is -2.22. The molecule has 0 aromatic carbocycles. The van der Waals surface area contributed by atoms with Crippen molar-refractivity contribution in [1.29, 1.82) is 0 Å². The number of allylic oxidation sites excluding steroid dienone is 1. The third kappa shape index (κ3) is 2.50. The van der Waals surface area contributed by atoms with Crippen molar-refractivity contribution in [2.75, 3.05) is 6.54 Å². The third-order valence-electron chi connectivity index (χ3n) is 3.43. The lowest BCUT2D eigenvalue weighted by molar-refractivity contribution is -0.143. The minimum Gasteiger partial charge on any atom is -0.458 e. The number of esters is 1. The van der Waals surface area contributed by atoms with E-state index < -0.39 is 0 Å². The smallest absolute Gasteiger partial charge is 0.337 e. The van der Waals surface area contributed by atoms with Crippen LogP contribution in [0.25, 0.3) is 0 Å². The summed E-state index contributed by atoms with van der Waals surface area (Å²) in [7, 11) is 0. The van der Waals surface area contributed by atoms with Gasteiger partial charge >= 0.3 is 5.97 Å². The van der Waals surface area contributed by atoms with Crippen molar-refractivity contribution in [3.05, 3.63) is 33.2 Å². The van der Waals surface area contributed by atoms with Crippen molar-refractivity contribution in [1.82, 2.24) is 10.6 Å². The number of ether oxygens (including phenoxy) is 1. The number of hydrogen-bond donors (Lipinski definition) is 2. The maximum atomic E-state index is 12.1. The van der Waals surface area contributed by atoms with Gasteiger partial charge in [0.15, 0.2) is 5.11 Å². The van der Waals surface area contributed by atoms with Gasteiger partial charge in [0, 0.05) is 18.5 Å². The van der Waals surface area contributed by atoms with Crippen LogP contribution in [0.1, 0.15) is 18.1 Å². The fourth-order valence-corrected chi connectivity index (χ4v) is 3.51. The number of nitrogens with one attached hydrogen (secondary N) is 2. The van der Waals surface area contributed by atoms with Crippen LogP contribution >= 0.6 is 23.6 Å². The monoisotopic (exact) mass is 294 g/mol. The van der Waals surface area contributed by atoms with Gasteiger partial charge in [0.1, 0.15) is 6.10 Å². The van der Waals surface area contributed by atoms with Crippen LogP contribution in [0.5, 0.6) is 0 Å². The Kier molecular flexibility index (Phi) is 3.28. The number of hydrogen-bond acceptors (Lipinski definition) is 4. The Balaban J connectivity index is 1.65. The van der Waals surface area contributed by atoms with Gasteiger partial charge in [-0.25, -0.2) is 4.79 Å². The summed E-state index contributed by atoms with van der Waals surface area (Å²) in [5, 5.41) is 10.7. The van der Waals surface area contributed by atoms with E-state index in [2.05, 4.69) is 21.4 Å². The lowest BCUT2D eigenvalue weighted by Crippen LogP contribution is -2.43. The Labute approximate surface area is 120 Å². The Bertz CT molecular complexity index is 556. The van der Waals surface area contributed by atoms with Crippen molar-refractivity contribution in [3.63, 3.8) is 0 Å². The molecule has 100 valence electrons. The second-order valence-corrected chi connectivity index (χ2v) is 5.92. The van der Waals surface area contributed by atoms with E-state index in [9.17, 15) is 4.79 Å². The highest BCUT2D eigenvalue weighted by Crippen LogP contribution is 2.28. The molecule has 2 N–H and O–H groups in total. The van der Waals surface area contributed by atoms with E-state index in [0.29, 0.717) is 17.2 Å². The van der Waals surface area contributed by atoms with Crippen LogP contribution in [0.2, 0.25) is 0 Å². The summed E-state index contributed by atoms with van der Waals surface area (Å²) in [5.41, 5.74) is 4.04. The Morgan fingerprint density at radius 2 is 2.11 bits per heavy atom. The molecule has 0 radical (unpaired) electrons. The van der Waals surface area contributed by atoms with E-state index >= 15 is 0 Å². The predicted octanol–water partition coefficient (Wildman–Crippen LogP) is 1.51. The van der Waals surface area contributed by atoms with Gasteiger partial charge in [0.2, 0.25) is 0 Å². The molecule has 0 atom stereocenters. The quantitative estimate of drug-likeness (QED) is 0.640. The van der Waals surface area contributed by atoms with Gasteiger partial charge in [0.25, 0.3) is 0 Å². The highest BCUT2D eigenvalue weighted by Gasteiger charge is 2.28. The first-order valence-electron chi connectivity index (χ1n) is 6.13. The van der Waals surface area contributed by atoms with Crippen molar-refractivity contribution in [3.8, 4) is 0 Å². The van der Waals surface area contributed by atoms with Crippen LogP contribution in [-0.4, -0.2) is 23.7 Å². The predicted molar refractivity (Wildman–Crippen MR) is 78.0 cm³/mol. The second kappa shape index (κ2) is 4.94. The first-order chi connectivity index (χ1) is 9.13. The van der Waals surface area contributed by atoms with E-state index in [-0.39, 0.29) is 12.1 Å². The molecule has 1 aliphatic carbocycles. The largest absolute Gasteiger partial charge is 0.458 e. The molecule has 1 aromatic heterocycles. The zero-order chi connectivity index (χ0) is 13.4. The molecule has 0 saturated heterocycles. The molecule has 4 nitrogen and oxygen atoms in total. The van der Waals surface area contributed by atoms with Gasteiger partial charge in [-0.05, 0) is 41.0 Å². The van der Waals surface area contributed by atoms with Gasteiger partial charge in [-0.1, -0.05) is 0 Å². The molecular weight excluding hydrogens is 280 g/mol. The Morgan fingerprint density at radius 1 is 1.42 bits per heavy atom. The molecule has 0 amide bonds. The first-order valence-corrected chi connectivity index (χ1v) is 7.48. The summed E-state index contributed by atoms with van der Waals surface area (Å²) in [5.74, 6) is -0.251. The Hall–Kier alpha value is -1.40. The maximum Gasteiger partial charge on any atom is 0.337 e. The minimum atomic E-state index is -0.251. The van der Waals surface area contributed by atoms with Crippen LogP contribution in [-0.2, 0) is 22.4 Å². The highest BCUT2D eigenvalue weighted by atomic mass is 32.1. The number of carbonyl (C=O) groups excluding carboxylic acids is 1. The van der Waals surface area contributed by atoms with Crippen LogP contribution < -0.4 is 10.6 Å². The van der Waals surface area contributed by atoms with Crippen molar-refractivity contribution in [2.24, 2.45) is 0 Å². The van der Waals surface area contributed by atoms with E-state index in [0.717, 1.165) is 18.5 Å². The molecule has 1 aliphatic heterocycles. The van der Waals surface area contributed by atoms with Gasteiger partial charge in [-0.2, -0.15) is 11.3 Å². The van der Waals surface area contributed by atoms with Crippen LogP contribution in [0.15, 0.2) is 22.0 Å². The molecule has 1 aromatic rings. The van der Waals surface area contributed by atoms with E-state index in [4.69, 9.17) is 17.0 Å². The van der Waals surface area contributed by atoms with Crippen LogP contribution in [0.3, 0.4) is 0 Å². The summed E-state index contributed by atoms with van der Waals surface area (Å²) < 4.78 is 5.58. The molecule has 6 heteroatoms. The average Bonchev–Trinajstić information content (AvgIpc) is 2.89. The second-order valence-electron chi connectivity index (χ2n) is 4.77. The molecule has 0 spiro atoms. The van der Waals surface area contributed by atoms with Gasteiger partial charge in [0.05, 0.1) is 12.1 Å². The number of carbonyl (C=O) groups is 1. The van der Waals surface area contributed by atoms with Crippen LogP contribution in [0.4, 0.5) is 0 Å². The lowest BCUT2D eigenvalue weighted by atomic mass is 10.2. The van der Waals surface area contributed by atoms with Crippen LogP contribution in [0, 0.1) is 0 Å². The minimum absolute atomic E-state index is 0.0277. The van der Waals surface area contributed by atoms with Gasteiger partial charge in [-0.3, -0.25) is 0 Å². The molecule has 2 heterocycles. The van der Waals surface area contributed by atoms with E-state index in [1.807, 2.05) is 6.92 Å². The molecule has 0 unspecified atom stereocenters. The number of fused-ring (bicyclic) bond motifs is 1. The van der Waals surface area contributed by atoms with Gasteiger partial charge < -0.3 is 15.4 Å². The molecular formula is C13H14N2O2S2. The zero-order valence-corrected chi connectivity index (χ0v) is 12.1. The van der Waals surface area contributed by atoms with E-state index in [1.54, 1.807) is 11.3 Å². The Morgan fingerprint density at radius 3 is 2.74 bits per heavy atom. The first kappa shape index (κ1) is 12.6. The van der Waals surface area contributed by atoms with Crippen molar-refractivity contribution < 1.29 is 9.53 Å². The molecule has 2 aliphatic rings. The third-order valence-corrected chi connectivity index (χ3v) is 4.52.